The van der Waals surface area contributed by atoms with E-state index < -0.39 is 0 Å². The van der Waals surface area contributed by atoms with Crippen molar-refractivity contribution in [1.29, 1.82) is 0 Å². The maximum absolute atomic E-state index is 12.1. The molecule has 7 heteroatoms. The van der Waals surface area contributed by atoms with Gasteiger partial charge in [-0.1, -0.05) is 0 Å². The molecule has 0 spiro atoms. The van der Waals surface area contributed by atoms with E-state index in [2.05, 4.69) is 22.2 Å². The van der Waals surface area contributed by atoms with E-state index in [0.717, 1.165) is 48.6 Å². The first-order valence-corrected chi connectivity index (χ1v) is 7.36. The lowest BCUT2D eigenvalue weighted by atomic mass is 10.2. The summed E-state index contributed by atoms with van der Waals surface area (Å²) in [4.78, 5) is 27.6. The normalized spacial score (nSPS) is 16.2. The van der Waals surface area contributed by atoms with Crippen molar-refractivity contribution in [2.24, 2.45) is 14.1 Å². The van der Waals surface area contributed by atoms with Crippen molar-refractivity contribution >= 4 is 28.8 Å². The number of hydrogen-bond donors (Lipinski definition) is 1. The van der Waals surface area contributed by atoms with Gasteiger partial charge in [0.1, 0.15) is 0 Å². The molecule has 1 aromatic heterocycles. The minimum absolute atomic E-state index is 0.0671. The number of fused-ring (bicyclic) bond motifs is 1. The number of imidazole rings is 1. The summed E-state index contributed by atoms with van der Waals surface area (Å²) < 4.78 is 3.23. The molecule has 22 heavy (non-hydrogen) atoms. The number of rotatable bonds is 3. The summed E-state index contributed by atoms with van der Waals surface area (Å²) in [5.41, 5.74) is 3.33. The summed E-state index contributed by atoms with van der Waals surface area (Å²) in [5, 5.41) is 2.77. The van der Waals surface area contributed by atoms with Crippen LogP contribution in [0.5, 0.6) is 0 Å². The molecule has 118 valence electrons. The second-order valence-electron chi connectivity index (χ2n) is 5.81. The molecule has 1 fully saturated rings. The third kappa shape index (κ3) is 2.27. The Kier molecular flexibility index (Phi) is 3.66. The van der Waals surface area contributed by atoms with Gasteiger partial charge in [0.2, 0.25) is 6.41 Å². The number of hydrogen-bond acceptors (Lipinski definition) is 4. The number of aromatic nitrogens is 2. The molecule has 1 amide bonds. The third-order valence-corrected chi connectivity index (χ3v) is 4.45. The van der Waals surface area contributed by atoms with Crippen LogP contribution in [0.4, 0.5) is 11.4 Å². The van der Waals surface area contributed by atoms with Gasteiger partial charge >= 0.3 is 5.69 Å². The van der Waals surface area contributed by atoms with Gasteiger partial charge in [-0.3, -0.25) is 13.9 Å². The SMILES string of the molecule is CN1CCN(c2cc3c(cc2NC=O)n(C)c(=O)n3C)CC1. The van der Waals surface area contributed by atoms with E-state index in [1.165, 1.54) is 0 Å². The lowest BCUT2D eigenvalue weighted by molar-refractivity contribution is -0.105. The van der Waals surface area contributed by atoms with Gasteiger partial charge in [0.25, 0.3) is 0 Å². The average molecular weight is 303 g/mol. The van der Waals surface area contributed by atoms with E-state index in [0.29, 0.717) is 6.41 Å². The van der Waals surface area contributed by atoms with Gasteiger partial charge < -0.3 is 15.1 Å². The average Bonchev–Trinajstić information content (AvgIpc) is 2.72. The molecule has 0 bridgehead atoms. The summed E-state index contributed by atoms with van der Waals surface area (Å²) in [6.07, 6.45) is 0.682. The van der Waals surface area contributed by atoms with E-state index >= 15 is 0 Å². The number of anilines is 2. The molecule has 2 heterocycles. The predicted molar refractivity (Wildman–Crippen MR) is 87.6 cm³/mol. The highest BCUT2D eigenvalue weighted by molar-refractivity contribution is 5.92. The van der Waals surface area contributed by atoms with Crippen molar-refractivity contribution in [1.82, 2.24) is 14.0 Å². The number of carbonyl (C=O) groups excluding carboxylic acids is 1. The molecule has 7 nitrogen and oxygen atoms in total. The van der Waals surface area contributed by atoms with Crippen LogP contribution in [0.1, 0.15) is 0 Å². The minimum Gasteiger partial charge on any atom is -0.367 e. The molecule has 0 saturated carbocycles. The van der Waals surface area contributed by atoms with Crippen LogP contribution in [-0.4, -0.2) is 53.7 Å². The topological polar surface area (TPSA) is 62.5 Å². The Morgan fingerprint density at radius 1 is 1.00 bits per heavy atom. The number of amides is 1. The standard InChI is InChI=1S/C15H21N5O2/c1-17-4-6-20(7-5-17)12-9-14-13(8-11(12)16-10-21)18(2)15(22)19(14)3/h8-10H,4-7H2,1-3H3,(H,16,21). The number of nitrogens with zero attached hydrogens (tertiary/aromatic N) is 4. The first-order chi connectivity index (χ1) is 10.5. The van der Waals surface area contributed by atoms with E-state index in [4.69, 9.17) is 0 Å². The number of nitrogens with one attached hydrogen (secondary N) is 1. The quantitative estimate of drug-likeness (QED) is 0.823. The Balaban J connectivity index is 2.14. The Bertz CT molecular complexity index is 768. The summed E-state index contributed by atoms with van der Waals surface area (Å²) in [6, 6.07) is 3.87. The van der Waals surface area contributed by atoms with Gasteiger partial charge in [-0.25, -0.2) is 4.79 Å². The van der Waals surface area contributed by atoms with Crippen LogP contribution in [0.2, 0.25) is 0 Å². The zero-order chi connectivity index (χ0) is 15.9. The highest BCUT2D eigenvalue weighted by Crippen LogP contribution is 2.31. The van der Waals surface area contributed by atoms with Crippen LogP contribution >= 0.6 is 0 Å². The molecule has 0 unspecified atom stereocenters. The van der Waals surface area contributed by atoms with Gasteiger partial charge in [-0.2, -0.15) is 0 Å². The number of carbonyl (C=O) groups is 1. The molecule has 1 aromatic carbocycles. The number of piperazine rings is 1. The van der Waals surface area contributed by atoms with E-state index in [1.807, 2.05) is 12.1 Å². The summed E-state index contributed by atoms with van der Waals surface area (Å²) >= 11 is 0. The van der Waals surface area contributed by atoms with E-state index in [9.17, 15) is 9.59 Å². The lowest BCUT2D eigenvalue weighted by Crippen LogP contribution is -2.44. The molecule has 1 aliphatic rings. The lowest BCUT2D eigenvalue weighted by Gasteiger charge is -2.35. The van der Waals surface area contributed by atoms with Gasteiger partial charge in [-0.15, -0.1) is 0 Å². The molecule has 1 N–H and O–H groups in total. The maximum atomic E-state index is 12.1. The minimum atomic E-state index is -0.0671. The predicted octanol–water partition coefficient (Wildman–Crippen LogP) is 0.197. The first kappa shape index (κ1) is 14.6. The molecule has 0 aliphatic carbocycles. The number of aryl methyl sites for hydroxylation is 2. The molecule has 0 atom stereocenters. The Labute approximate surface area is 128 Å². The molecular weight excluding hydrogens is 282 g/mol. The fourth-order valence-electron chi connectivity index (χ4n) is 3.02. The number of benzene rings is 1. The van der Waals surface area contributed by atoms with Crippen molar-refractivity contribution < 1.29 is 4.79 Å². The van der Waals surface area contributed by atoms with Crippen molar-refractivity contribution in [2.45, 2.75) is 0 Å². The van der Waals surface area contributed by atoms with Crippen molar-refractivity contribution in [3.8, 4) is 0 Å². The zero-order valence-electron chi connectivity index (χ0n) is 13.2. The highest BCUT2D eigenvalue weighted by Gasteiger charge is 2.19. The van der Waals surface area contributed by atoms with Crippen molar-refractivity contribution in [3.63, 3.8) is 0 Å². The van der Waals surface area contributed by atoms with Crippen LogP contribution in [0, 0.1) is 0 Å². The Morgan fingerprint density at radius 3 is 2.18 bits per heavy atom. The van der Waals surface area contributed by atoms with E-state index in [1.54, 1.807) is 23.2 Å². The smallest absolute Gasteiger partial charge is 0.328 e. The largest absolute Gasteiger partial charge is 0.367 e. The molecular formula is C15H21N5O2. The fourth-order valence-corrected chi connectivity index (χ4v) is 3.02. The van der Waals surface area contributed by atoms with Gasteiger partial charge in [0.05, 0.1) is 22.4 Å². The van der Waals surface area contributed by atoms with Crippen LogP contribution in [0.15, 0.2) is 16.9 Å². The second kappa shape index (κ2) is 5.49. The van der Waals surface area contributed by atoms with Gasteiger partial charge in [0, 0.05) is 40.3 Å². The maximum Gasteiger partial charge on any atom is 0.328 e. The van der Waals surface area contributed by atoms with Gasteiger partial charge in [-0.05, 0) is 19.2 Å². The highest BCUT2D eigenvalue weighted by atomic mass is 16.1. The third-order valence-electron chi connectivity index (χ3n) is 4.45. The molecule has 0 radical (unpaired) electrons. The monoisotopic (exact) mass is 303 g/mol. The van der Waals surface area contributed by atoms with Crippen LogP contribution in [0.25, 0.3) is 11.0 Å². The molecule has 1 saturated heterocycles. The van der Waals surface area contributed by atoms with Crippen LogP contribution < -0.4 is 15.9 Å². The van der Waals surface area contributed by atoms with Crippen LogP contribution in [-0.2, 0) is 18.9 Å². The van der Waals surface area contributed by atoms with Gasteiger partial charge in [0.15, 0.2) is 0 Å². The fraction of sp³-hybridized carbons (Fsp3) is 0.467. The first-order valence-electron chi connectivity index (χ1n) is 7.36. The second-order valence-corrected chi connectivity index (χ2v) is 5.81. The van der Waals surface area contributed by atoms with E-state index in [-0.39, 0.29) is 5.69 Å². The summed E-state index contributed by atoms with van der Waals surface area (Å²) in [7, 11) is 5.61. The summed E-state index contributed by atoms with van der Waals surface area (Å²) in [6.45, 7) is 3.76. The Morgan fingerprint density at radius 2 is 1.59 bits per heavy atom. The van der Waals surface area contributed by atoms with Crippen LogP contribution in [0.3, 0.4) is 0 Å². The van der Waals surface area contributed by atoms with Crippen molar-refractivity contribution in [2.75, 3.05) is 43.4 Å². The number of likely N-dealkylation sites (N-methyl/N-ethyl adjacent to an activating group) is 1. The summed E-state index contributed by atoms with van der Waals surface area (Å²) in [5.74, 6) is 0. The Hall–Kier alpha value is -2.28. The molecule has 1 aliphatic heterocycles. The molecule has 3 rings (SSSR count). The molecule has 2 aromatic rings. The van der Waals surface area contributed by atoms with Crippen molar-refractivity contribution in [3.05, 3.63) is 22.6 Å². The zero-order valence-corrected chi connectivity index (χ0v) is 13.2.